The number of unbranched alkanes of at least 4 members (excludes halogenated alkanes) is 1. The number of amides is 1. The van der Waals surface area contributed by atoms with Crippen LogP contribution in [0.1, 0.15) is 19.8 Å². The molecule has 1 aliphatic heterocycles. The van der Waals surface area contributed by atoms with E-state index in [2.05, 4.69) is 12.2 Å². The molecule has 1 heterocycles. The minimum atomic E-state index is -0.569. The third-order valence-electron chi connectivity index (χ3n) is 3.86. The molecule has 25 heavy (non-hydrogen) atoms. The zero-order valence-corrected chi connectivity index (χ0v) is 14.6. The van der Waals surface area contributed by atoms with Crippen LogP contribution in [0.4, 0.5) is 5.69 Å². The van der Waals surface area contributed by atoms with Gasteiger partial charge in [-0.1, -0.05) is 25.5 Å². The highest BCUT2D eigenvalue weighted by Gasteiger charge is 2.34. The SMILES string of the molecule is CCCCOc1ccccc1NC1=C(C(=O)OC)CN(CCO)C1=O. The van der Waals surface area contributed by atoms with E-state index >= 15 is 0 Å². The number of hydrogen-bond acceptors (Lipinski definition) is 6. The second kappa shape index (κ2) is 9.08. The van der Waals surface area contributed by atoms with Crippen LogP contribution in [0.3, 0.4) is 0 Å². The summed E-state index contributed by atoms with van der Waals surface area (Å²) in [6.07, 6.45) is 1.94. The summed E-state index contributed by atoms with van der Waals surface area (Å²) in [6.45, 7) is 2.73. The van der Waals surface area contributed by atoms with Gasteiger partial charge in [-0.05, 0) is 18.6 Å². The maximum absolute atomic E-state index is 12.5. The van der Waals surface area contributed by atoms with E-state index in [0.29, 0.717) is 18.0 Å². The molecule has 0 bridgehead atoms. The maximum atomic E-state index is 12.5. The Labute approximate surface area is 147 Å². The smallest absolute Gasteiger partial charge is 0.337 e. The fourth-order valence-electron chi connectivity index (χ4n) is 2.51. The van der Waals surface area contributed by atoms with E-state index in [-0.39, 0.29) is 36.9 Å². The van der Waals surface area contributed by atoms with Gasteiger partial charge in [0.25, 0.3) is 5.91 Å². The first-order chi connectivity index (χ1) is 12.1. The minimum absolute atomic E-state index is 0.104. The molecule has 0 fully saturated rings. The van der Waals surface area contributed by atoms with Crippen molar-refractivity contribution in [2.24, 2.45) is 0 Å². The summed E-state index contributed by atoms with van der Waals surface area (Å²) in [7, 11) is 1.27. The second-order valence-electron chi connectivity index (χ2n) is 5.62. The first-order valence-corrected chi connectivity index (χ1v) is 8.32. The molecule has 1 aliphatic rings. The number of anilines is 1. The van der Waals surface area contributed by atoms with Gasteiger partial charge >= 0.3 is 5.97 Å². The number of benzene rings is 1. The predicted octanol–water partition coefficient (Wildman–Crippen LogP) is 1.54. The van der Waals surface area contributed by atoms with Crippen molar-refractivity contribution >= 4 is 17.6 Å². The van der Waals surface area contributed by atoms with E-state index in [1.54, 1.807) is 12.1 Å². The van der Waals surface area contributed by atoms with Gasteiger partial charge in [-0.2, -0.15) is 0 Å². The Bertz CT molecular complexity index is 657. The van der Waals surface area contributed by atoms with Crippen LogP contribution in [-0.4, -0.2) is 55.3 Å². The van der Waals surface area contributed by atoms with Crippen molar-refractivity contribution in [1.82, 2.24) is 4.90 Å². The first kappa shape index (κ1) is 18.8. The highest BCUT2D eigenvalue weighted by Crippen LogP contribution is 2.29. The zero-order valence-electron chi connectivity index (χ0n) is 14.6. The fraction of sp³-hybridized carbons (Fsp3) is 0.444. The van der Waals surface area contributed by atoms with Crippen molar-refractivity contribution in [1.29, 1.82) is 0 Å². The van der Waals surface area contributed by atoms with Gasteiger partial charge in [-0.25, -0.2) is 4.79 Å². The number of nitrogens with zero attached hydrogens (tertiary/aromatic N) is 1. The Morgan fingerprint density at radius 2 is 2.12 bits per heavy atom. The molecule has 136 valence electrons. The number of esters is 1. The predicted molar refractivity (Wildman–Crippen MR) is 93.2 cm³/mol. The summed E-state index contributed by atoms with van der Waals surface area (Å²) in [5, 5.41) is 12.1. The van der Waals surface area contributed by atoms with Crippen molar-refractivity contribution in [2.75, 3.05) is 38.7 Å². The van der Waals surface area contributed by atoms with E-state index in [1.165, 1.54) is 12.0 Å². The lowest BCUT2D eigenvalue weighted by Crippen LogP contribution is -2.31. The topological polar surface area (TPSA) is 88.1 Å². The van der Waals surface area contributed by atoms with Crippen LogP contribution in [-0.2, 0) is 14.3 Å². The Balaban J connectivity index is 2.26. The Morgan fingerprint density at radius 1 is 1.36 bits per heavy atom. The summed E-state index contributed by atoms with van der Waals surface area (Å²) < 4.78 is 10.5. The van der Waals surface area contributed by atoms with Crippen LogP contribution in [0, 0.1) is 0 Å². The van der Waals surface area contributed by atoms with Gasteiger partial charge in [0.05, 0.1) is 38.1 Å². The monoisotopic (exact) mass is 348 g/mol. The lowest BCUT2D eigenvalue weighted by atomic mass is 10.2. The highest BCUT2D eigenvalue weighted by atomic mass is 16.5. The van der Waals surface area contributed by atoms with Crippen LogP contribution in [0.25, 0.3) is 0 Å². The van der Waals surface area contributed by atoms with Gasteiger partial charge in [0.1, 0.15) is 11.4 Å². The lowest BCUT2D eigenvalue weighted by Gasteiger charge is -2.16. The Morgan fingerprint density at radius 3 is 2.80 bits per heavy atom. The van der Waals surface area contributed by atoms with Crippen molar-refractivity contribution in [3.63, 3.8) is 0 Å². The average Bonchev–Trinajstić information content (AvgIpc) is 2.93. The van der Waals surface area contributed by atoms with E-state index in [1.807, 2.05) is 12.1 Å². The molecule has 7 heteroatoms. The van der Waals surface area contributed by atoms with Gasteiger partial charge in [0, 0.05) is 6.54 Å². The van der Waals surface area contributed by atoms with Crippen LogP contribution in [0.2, 0.25) is 0 Å². The summed E-state index contributed by atoms with van der Waals surface area (Å²) in [5.74, 6) is -0.306. The third-order valence-corrected chi connectivity index (χ3v) is 3.86. The van der Waals surface area contributed by atoms with E-state index < -0.39 is 5.97 Å². The molecule has 0 saturated carbocycles. The molecule has 2 rings (SSSR count). The fourth-order valence-corrected chi connectivity index (χ4v) is 2.51. The average molecular weight is 348 g/mol. The molecule has 1 aromatic carbocycles. The zero-order chi connectivity index (χ0) is 18.2. The van der Waals surface area contributed by atoms with Gasteiger partial charge in [0.15, 0.2) is 0 Å². The number of rotatable bonds is 9. The number of carbonyl (C=O) groups is 2. The van der Waals surface area contributed by atoms with Crippen molar-refractivity contribution in [3.05, 3.63) is 35.5 Å². The van der Waals surface area contributed by atoms with Crippen LogP contribution < -0.4 is 10.1 Å². The molecule has 0 saturated heterocycles. The van der Waals surface area contributed by atoms with Gasteiger partial charge in [-0.3, -0.25) is 4.79 Å². The largest absolute Gasteiger partial charge is 0.491 e. The van der Waals surface area contributed by atoms with Crippen LogP contribution >= 0.6 is 0 Å². The summed E-state index contributed by atoms with van der Waals surface area (Å²) in [5.41, 5.74) is 1.00. The van der Waals surface area contributed by atoms with E-state index in [9.17, 15) is 9.59 Å². The van der Waals surface area contributed by atoms with Crippen LogP contribution in [0.15, 0.2) is 35.5 Å². The minimum Gasteiger partial charge on any atom is -0.491 e. The molecule has 0 aliphatic carbocycles. The molecule has 7 nitrogen and oxygen atoms in total. The number of hydrogen-bond donors (Lipinski definition) is 2. The lowest BCUT2D eigenvalue weighted by molar-refractivity contribution is -0.136. The molecule has 1 amide bonds. The molecule has 0 atom stereocenters. The number of β-amino-alcohol motifs (C(OH)–C–C–N with tert-alkyl or cyclic N) is 1. The number of methoxy groups -OCH3 is 1. The third kappa shape index (κ3) is 4.51. The standard InChI is InChI=1S/C18H24N2O5/c1-3-4-11-25-15-8-6-5-7-14(15)19-16-13(18(23)24-2)12-20(9-10-21)17(16)22/h5-8,19,21H,3-4,9-12H2,1-2H3. The molecule has 0 unspecified atom stereocenters. The van der Waals surface area contributed by atoms with Crippen molar-refractivity contribution in [3.8, 4) is 5.75 Å². The summed E-state index contributed by atoms with van der Waals surface area (Å²) in [6, 6.07) is 7.25. The van der Waals surface area contributed by atoms with Gasteiger partial charge in [-0.15, -0.1) is 0 Å². The quantitative estimate of drug-likeness (QED) is 0.520. The molecule has 1 aromatic rings. The molecular formula is C18H24N2O5. The number of nitrogens with one attached hydrogen (secondary N) is 1. The molecular weight excluding hydrogens is 324 g/mol. The molecule has 0 radical (unpaired) electrons. The summed E-state index contributed by atoms with van der Waals surface area (Å²) >= 11 is 0. The molecule has 0 spiro atoms. The number of aliphatic hydroxyl groups is 1. The first-order valence-electron chi connectivity index (χ1n) is 8.32. The van der Waals surface area contributed by atoms with Gasteiger partial charge in [0.2, 0.25) is 0 Å². The summed E-state index contributed by atoms with van der Waals surface area (Å²) in [4.78, 5) is 26.0. The van der Waals surface area contributed by atoms with E-state index in [4.69, 9.17) is 14.6 Å². The number of carbonyl (C=O) groups excluding carboxylic acids is 2. The molecule has 0 aromatic heterocycles. The number of para-hydroxylation sites is 2. The van der Waals surface area contributed by atoms with Crippen molar-refractivity contribution in [2.45, 2.75) is 19.8 Å². The molecule has 2 N–H and O–H groups in total. The number of ether oxygens (including phenoxy) is 2. The maximum Gasteiger partial charge on any atom is 0.337 e. The normalized spacial score (nSPS) is 14.0. The van der Waals surface area contributed by atoms with Crippen LogP contribution in [0.5, 0.6) is 5.75 Å². The van der Waals surface area contributed by atoms with Gasteiger partial charge < -0.3 is 24.8 Å². The highest BCUT2D eigenvalue weighted by molar-refractivity contribution is 6.08. The van der Waals surface area contributed by atoms with Crippen molar-refractivity contribution < 1.29 is 24.2 Å². The second-order valence-corrected chi connectivity index (χ2v) is 5.62. The number of aliphatic hydroxyl groups excluding tert-OH is 1. The Kier molecular flexibility index (Phi) is 6.82. The Hall–Kier alpha value is -2.54. The van der Waals surface area contributed by atoms with E-state index in [0.717, 1.165) is 12.8 Å².